The molecule has 0 saturated heterocycles. The van der Waals surface area contributed by atoms with Crippen molar-refractivity contribution in [2.45, 2.75) is 20.3 Å². The second-order valence-electron chi connectivity index (χ2n) is 3.89. The van der Waals surface area contributed by atoms with Crippen LogP contribution in [0.1, 0.15) is 30.6 Å². The second-order valence-corrected chi connectivity index (χ2v) is 3.89. The van der Waals surface area contributed by atoms with Gasteiger partial charge in [0.25, 0.3) is 5.91 Å². The monoisotopic (exact) mass is 229 g/mol. The summed E-state index contributed by atoms with van der Waals surface area (Å²) in [6.45, 7) is 3.88. The minimum atomic E-state index is -0.185. The molecule has 0 bridgehead atoms. The molecule has 0 radical (unpaired) electrons. The van der Waals surface area contributed by atoms with Crippen molar-refractivity contribution >= 4 is 22.5 Å². The van der Waals surface area contributed by atoms with E-state index in [1.165, 1.54) is 0 Å². The summed E-state index contributed by atoms with van der Waals surface area (Å²) < 4.78 is 0. The molecule has 0 atom stereocenters. The Morgan fingerprint density at radius 2 is 2.18 bits per heavy atom. The molecule has 0 aliphatic heterocycles. The molecule has 1 aromatic carbocycles. The topological polar surface area (TPSA) is 57.2 Å². The van der Waals surface area contributed by atoms with Gasteiger partial charge in [0.1, 0.15) is 0 Å². The summed E-state index contributed by atoms with van der Waals surface area (Å²) in [5.41, 5.74) is 5.03. The molecule has 0 unspecified atom stereocenters. The van der Waals surface area contributed by atoms with Gasteiger partial charge < -0.3 is 4.98 Å². The van der Waals surface area contributed by atoms with Gasteiger partial charge in [-0.3, -0.25) is 4.79 Å². The Morgan fingerprint density at radius 1 is 1.41 bits per heavy atom. The van der Waals surface area contributed by atoms with E-state index in [0.717, 1.165) is 23.0 Å². The van der Waals surface area contributed by atoms with E-state index in [1.807, 2.05) is 38.1 Å². The normalized spacial score (nSPS) is 11.8. The maximum atomic E-state index is 11.9. The number of hydrogen-bond donors (Lipinski definition) is 2. The summed E-state index contributed by atoms with van der Waals surface area (Å²) in [5.74, 6) is -0.185. The maximum absolute atomic E-state index is 11.9. The summed E-state index contributed by atoms with van der Waals surface area (Å²) in [5, 5.41) is 4.92. The van der Waals surface area contributed by atoms with Gasteiger partial charge in [0.2, 0.25) is 0 Å². The van der Waals surface area contributed by atoms with Crippen LogP contribution in [0.3, 0.4) is 0 Å². The van der Waals surface area contributed by atoms with Crippen LogP contribution in [0.5, 0.6) is 0 Å². The molecule has 1 heterocycles. The standard InChI is InChI=1S/C13H15N3O/c1-3-9(2)15-16-13(17)11-8-14-12-7-5-4-6-10(11)12/h4-8,14H,3H2,1-2H3,(H,16,17)/b15-9+. The zero-order chi connectivity index (χ0) is 12.3. The Hall–Kier alpha value is -2.10. The number of H-pyrrole nitrogens is 1. The van der Waals surface area contributed by atoms with Crippen molar-refractivity contribution in [1.29, 1.82) is 0 Å². The fourth-order valence-electron chi connectivity index (χ4n) is 1.54. The molecule has 4 heteroatoms. The van der Waals surface area contributed by atoms with Gasteiger partial charge in [0.05, 0.1) is 5.56 Å². The fraction of sp³-hybridized carbons (Fsp3) is 0.231. The average molecular weight is 229 g/mol. The lowest BCUT2D eigenvalue weighted by atomic mass is 10.2. The van der Waals surface area contributed by atoms with Crippen molar-refractivity contribution in [2.24, 2.45) is 5.10 Å². The van der Waals surface area contributed by atoms with Crippen LogP contribution in [0.4, 0.5) is 0 Å². The highest BCUT2D eigenvalue weighted by molar-refractivity contribution is 6.06. The van der Waals surface area contributed by atoms with Gasteiger partial charge >= 0.3 is 0 Å². The number of hydrazone groups is 1. The lowest BCUT2D eigenvalue weighted by Gasteiger charge is -1.99. The van der Waals surface area contributed by atoms with Gasteiger partial charge in [0.15, 0.2) is 0 Å². The van der Waals surface area contributed by atoms with Gasteiger partial charge in [-0.15, -0.1) is 0 Å². The number of benzene rings is 1. The second kappa shape index (κ2) is 4.82. The van der Waals surface area contributed by atoms with Crippen molar-refractivity contribution in [3.63, 3.8) is 0 Å². The highest BCUT2D eigenvalue weighted by atomic mass is 16.2. The van der Waals surface area contributed by atoms with E-state index in [9.17, 15) is 4.79 Å². The van der Waals surface area contributed by atoms with Crippen molar-refractivity contribution in [1.82, 2.24) is 10.4 Å². The van der Waals surface area contributed by atoms with Crippen LogP contribution in [-0.4, -0.2) is 16.6 Å². The molecule has 1 amide bonds. The largest absolute Gasteiger partial charge is 0.360 e. The van der Waals surface area contributed by atoms with E-state index in [2.05, 4.69) is 15.5 Å². The van der Waals surface area contributed by atoms with Crippen LogP contribution in [0.15, 0.2) is 35.6 Å². The van der Waals surface area contributed by atoms with Gasteiger partial charge in [-0.25, -0.2) is 5.43 Å². The first kappa shape index (κ1) is 11.4. The highest BCUT2D eigenvalue weighted by Gasteiger charge is 2.10. The van der Waals surface area contributed by atoms with Gasteiger partial charge in [-0.2, -0.15) is 5.10 Å². The summed E-state index contributed by atoms with van der Waals surface area (Å²) in [4.78, 5) is 15.0. The van der Waals surface area contributed by atoms with Crippen molar-refractivity contribution in [2.75, 3.05) is 0 Å². The van der Waals surface area contributed by atoms with E-state index < -0.39 is 0 Å². The first-order valence-electron chi connectivity index (χ1n) is 5.62. The predicted octanol–water partition coefficient (Wildman–Crippen LogP) is 2.68. The third-order valence-corrected chi connectivity index (χ3v) is 2.69. The van der Waals surface area contributed by atoms with E-state index in [-0.39, 0.29) is 5.91 Å². The van der Waals surface area contributed by atoms with E-state index in [0.29, 0.717) is 5.56 Å². The van der Waals surface area contributed by atoms with Crippen LogP contribution in [0, 0.1) is 0 Å². The number of carbonyl (C=O) groups is 1. The number of rotatable bonds is 3. The smallest absolute Gasteiger partial charge is 0.273 e. The first-order chi connectivity index (χ1) is 8.22. The molecule has 2 aromatic rings. The Balaban J connectivity index is 2.25. The Morgan fingerprint density at radius 3 is 2.94 bits per heavy atom. The van der Waals surface area contributed by atoms with E-state index in [4.69, 9.17) is 0 Å². The molecule has 0 aliphatic carbocycles. The quantitative estimate of drug-likeness (QED) is 0.617. The molecule has 0 spiro atoms. The van der Waals surface area contributed by atoms with Crippen LogP contribution in [0.25, 0.3) is 10.9 Å². The number of nitrogens with one attached hydrogen (secondary N) is 2. The Bertz CT molecular complexity index is 569. The molecule has 17 heavy (non-hydrogen) atoms. The maximum Gasteiger partial charge on any atom is 0.273 e. The molecule has 88 valence electrons. The zero-order valence-electron chi connectivity index (χ0n) is 9.95. The predicted molar refractivity (Wildman–Crippen MR) is 69.2 cm³/mol. The third kappa shape index (κ3) is 2.36. The minimum absolute atomic E-state index is 0.185. The van der Waals surface area contributed by atoms with E-state index in [1.54, 1.807) is 6.20 Å². The van der Waals surface area contributed by atoms with Gasteiger partial charge in [-0.1, -0.05) is 25.1 Å². The number of para-hydroxylation sites is 1. The highest BCUT2D eigenvalue weighted by Crippen LogP contribution is 2.17. The number of nitrogens with zero attached hydrogens (tertiary/aromatic N) is 1. The first-order valence-corrected chi connectivity index (χ1v) is 5.62. The third-order valence-electron chi connectivity index (χ3n) is 2.69. The Kier molecular flexibility index (Phi) is 3.23. The molecule has 0 aliphatic rings. The lowest BCUT2D eigenvalue weighted by Crippen LogP contribution is -2.18. The number of hydrogen-bond acceptors (Lipinski definition) is 2. The molecule has 2 N–H and O–H groups in total. The zero-order valence-corrected chi connectivity index (χ0v) is 9.95. The number of fused-ring (bicyclic) bond motifs is 1. The van der Waals surface area contributed by atoms with Crippen LogP contribution >= 0.6 is 0 Å². The van der Waals surface area contributed by atoms with E-state index >= 15 is 0 Å². The van der Waals surface area contributed by atoms with Crippen LogP contribution in [-0.2, 0) is 0 Å². The molecule has 0 saturated carbocycles. The number of aromatic amines is 1. The van der Waals surface area contributed by atoms with Gasteiger partial charge in [0, 0.05) is 22.8 Å². The number of amides is 1. The number of carbonyl (C=O) groups excluding carboxylic acids is 1. The fourth-order valence-corrected chi connectivity index (χ4v) is 1.54. The minimum Gasteiger partial charge on any atom is -0.360 e. The molecular formula is C13H15N3O. The SMILES string of the molecule is CC/C(C)=N/NC(=O)c1c[nH]c2ccccc12. The Labute approximate surface area is 99.7 Å². The van der Waals surface area contributed by atoms with Gasteiger partial charge in [-0.05, 0) is 19.4 Å². The molecular weight excluding hydrogens is 214 g/mol. The van der Waals surface area contributed by atoms with Crippen LogP contribution in [0.2, 0.25) is 0 Å². The summed E-state index contributed by atoms with van der Waals surface area (Å²) >= 11 is 0. The average Bonchev–Trinajstić information content (AvgIpc) is 2.79. The molecule has 2 rings (SSSR count). The summed E-state index contributed by atoms with van der Waals surface area (Å²) in [6, 6.07) is 7.69. The summed E-state index contributed by atoms with van der Waals surface area (Å²) in [6.07, 6.45) is 2.53. The molecule has 1 aromatic heterocycles. The summed E-state index contributed by atoms with van der Waals surface area (Å²) in [7, 11) is 0. The van der Waals surface area contributed by atoms with Crippen molar-refractivity contribution < 1.29 is 4.79 Å². The molecule has 0 fully saturated rings. The van der Waals surface area contributed by atoms with Crippen molar-refractivity contribution in [3.8, 4) is 0 Å². The van der Waals surface area contributed by atoms with Crippen molar-refractivity contribution in [3.05, 3.63) is 36.0 Å². The van der Waals surface area contributed by atoms with Crippen LogP contribution < -0.4 is 5.43 Å². The lowest BCUT2D eigenvalue weighted by molar-refractivity contribution is 0.0956. The number of aromatic nitrogens is 1. The molecule has 4 nitrogen and oxygen atoms in total.